The van der Waals surface area contributed by atoms with Crippen LogP contribution in [-0.2, 0) is 6.42 Å². The quantitative estimate of drug-likeness (QED) is 0.442. The molecule has 2 aromatic heterocycles. The second-order valence-electron chi connectivity index (χ2n) is 7.06. The number of nitrogens with zero attached hydrogens (tertiary/aromatic N) is 2. The molecule has 0 aliphatic heterocycles. The summed E-state index contributed by atoms with van der Waals surface area (Å²) in [5, 5.41) is 0.699. The molecule has 0 fully saturated rings. The summed E-state index contributed by atoms with van der Waals surface area (Å²) in [4.78, 5) is 33.8. The summed E-state index contributed by atoms with van der Waals surface area (Å²) in [6.07, 6.45) is 0.247. The number of aromatic nitrogens is 2. The van der Waals surface area contributed by atoms with Gasteiger partial charge in [0, 0.05) is 12.3 Å². The van der Waals surface area contributed by atoms with Crippen LogP contribution >= 0.6 is 0 Å². The summed E-state index contributed by atoms with van der Waals surface area (Å²) in [7, 11) is 0. The lowest BCUT2D eigenvalue weighted by atomic mass is 10.1. The number of rotatable bonds is 7. The van der Waals surface area contributed by atoms with Crippen LogP contribution in [0.1, 0.15) is 38.5 Å². The lowest BCUT2D eigenvalue weighted by Gasteiger charge is -2.10. The van der Waals surface area contributed by atoms with Gasteiger partial charge in [-0.15, -0.1) is 0 Å². The zero-order chi connectivity index (χ0) is 22.0. The molecule has 4 rings (SSSR count). The van der Waals surface area contributed by atoms with Crippen molar-refractivity contribution >= 4 is 21.8 Å². The van der Waals surface area contributed by atoms with Gasteiger partial charge >= 0.3 is 11.3 Å². The first kappa shape index (κ1) is 20.6. The lowest BCUT2D eigenvalue weighted by Crippen LogP contribution is -2.12. The van der Waals surface area contributed by atoms with E-state index in [-0.39, 0.29) is 24.1 Å². The monoisotopic (exact) mass is 422 g/mol. The van der Waals surface area contributed by atoms with E-state index in [1.807, 2.05) is 20.8 Å². The fourth-order valence-corrected chi connectivity index (χ4v) is 3.32. The Kier molecular flexibility index (Phi) is 5.70. The van der Waals surface area contributed by atoms with Crippen molar-refractivity contribution in [1.82, 2.24) is 9.97 Å². The third-order valence-electron chi connectivity index (χ3n) is 4.78. The van der Waals surface area contributed by atoms with Crippen molar-refractivity contribution in [1.29, 1.82) is 0 Å². The molecule has 8 heteroatoms. The summed E-state index contributed by atoms with van der Waals surface area (Å²) in [5.74, 6) is 1.32. The molecule has 0 amide bonds. The molecular formula is C23H22N2O6. The molecule has 0 radical (unpaired) electrons. The Morgan fingerprint density at radius 3 is 1.97 bits per heavy atom. The normalized spacial score (nSPS) is 12.2. The number of ether oxygens (including phenoxy) is 2. The van der Waals surface area contributed by atoms with Gasteiger partial charge in [0.15, 0.2) is 5.89 Å². The van der Waals surface area contributed by atoms with E-state index in [2.05, 4.69) is 9.97 Å². The molecule has 8 nitrogen and oxygen atoms in total. The van der Waals surface area contributed by atoms with Crippen LogP contribution < -0.4 is 20.7 Å². The van der Waals surface area contributed by atoms with Gasteiger partial charge in [-0.25, -0.2) is 19.6 Å². The minimum atomic E-state index is -0.496. The largest absolute Gasteiger partial charge is 0.494 e. The van der Waals surface area contributed by atoms with Gasteiger partial charge in [0.25, 0.3) is 0 Å². The molecule has 160 valence electrons. The Morgan fingerprint density at radius 1 is 0.839 bits per heavy atom. The average molecular weight is 422 g/mol. The van der Waals surface area contributed by atoms with Gasteiger partial charge in [-0.3, -0.25) is 0 Å². The Morgan fingerprint density at radius 2 is 1.39 bits per heavy atom. The summed E-state index contributed by atoms with van der Waals surface area (Å²) in [6, 6.07) is 10.2. The van der Waals surface area contributed by atoms with Crippen LogP contribution in [0.4, 0.5) is 0 Å². The molecule has 1 atom stereocenters. The highest BCUT2D eigenvalue weighted by Gasteiger charge is 2.18. The topological polar surface area (TPSA) is 105 Å². The van der Waals surface area contributed by atoms with Gasteiger partial charge in [-0.05, 0) is 50.2 Å². The van der Waals surface area contributed by atoms with Crippen LogP contribution in [0.2, 0.25) is 0 Å². The third kappa shape index (κ3) is 4.28. The first-order chi connectivity index (χ1) is 15.0. The Hall–Kier alpha value is -3.68. The summed E-state index contributed by atoms with van der Waals surface area (Å²) < 4.78 is 21.7. The maximum atomic E-state index is 12.5. The molecule has 4 aromatic rings. The molecule has 0 aliphatic rings. The zero-order valence-electron chi connectivity index (χ0n) is 17.5. The average Bonchev–Trinajstić information content (AvgIpc) is 2.75. The van der Waals surface area contributed by atoms with E-state index in [1.165, 1.54) is 0 Å². The number of hydrogen-bond donors (Lipinski definition) is 0. The van der Waals surface area contributed by atoms with Crippen molar-refractivity contribution in [3.05, 3.63) is 69.0 Å². The Bertz CT molecular complexity index is 1360. The van der Waals surface area contributed by atoms with Crippen LogP contribution in [0.15, 0.2) is 54.8 Å². The van der Waals surface area contributed by atoms with Crippen molar-refractivity contribution in [2.45, 2.75) is 33.1 Å². The van der Waals surface area contributed by atoms with E-state index in [0.29, 0.717) is 46.5 Å². The SMILES string of the molecule is CCOc1ccc2nc(CC(C)c3nc4ccc(OCC)cc4c(=O)o3)oc(=O)c2c1. The molecule has 0 bridgehead atoms. The first-order valence-electron chi connectivity index (χ1n) is 10.1. The lowest BCUT2D eigenvalue weighted by molar-refractivity contribution is 0.340. The van der Waals surface area contributed by atoms with E-state index >= 15 is 0 Å². The minimum absolute atomic E-state index is 0.241. The van der Waals surface area contributed by atoms with Gasteiger partial charge in [0.2, 0.25) is 5.89 Å². The highest BCUT2D eigenvalue weighted by molar-refractivity contribution is 5.79. The van der Waals surface area contributed by atoms with Crippen LogP contribution in [0, 0.1) is 0 Å². The van der Waals surface area contributed by atoms with Crippen LogP contribution in [-0.4, -0.2) is 23.2 Å². The Labute approximate surface area is 177 Å². The van der Waals surface area contributed by atoms with E-state index in [1.54, 1.807) is 36.4 Å². The molecule has 0 aliphatic carbocycles. The van der Waals surface area contributed by atoms with Gasteiger partial charge in [0.1, 0.15) is 11.5 Å². The maximum Gasteiger partial charge on any atom is 0.346 e. The molecule has 0 N–H and O–H groups in total. The predicted octanol–water partition coefficient (Wildman–Crippen LogP) is 3.83. The van der Waals surface area contributed by atoms with Gasteiger partial charge in [0.05, 0.1) is 35.0 Å². The smallest absolute Gasteiger partial charge is 0.346 e. The molecule has 2 heterocycles. The van der Waals surface area contributed by atoms with E-state index in [0.717, 1.165) is 0 Å². The fraction of sp³-hybridized carbons (Fsp3) is 0.304. The van der Waals surface area contributed by atoms with Crippen molar-refractivity contribution in [3.63, 3.8) is 0 Å². The highest BCUT2D eigenvalue weighted by atomic mass is 16.5. The summed E-state index contributed by atoms with van der Waals surface area (Å²) in [5.41, 5.74) is 0.0334. The number of benzene rings is 2. The second kappa shape index (κ2) is 8.59. The molecule has 0 spiro atoms. The van der Waals surface area contributed by atoms with E-state index < -0.39 is 11.3 Å². The molecule has 0 saturated carbocycles. The number of fused-ring (bicyclic) bond motifs is 2. The molecular weight excluding hydrogens is 400 g/mol. The minimum Gasteiger partial charge on any atom is -0.494 e. The first-order valence-corrected chi connectivity index (χ1v) is 10.1. The van der Waals surface area contributed by atoms with E-state index in [4.69, 9.17) is 18.3 Å². The van der Waals surface area contributed by atoms with Gasteiger partial charge < -0.3 is 18.3 Å². The molecule has 0 saturated heterocycles. The predicted molar refractivity (Wildman–Crippen MR) is 115 cm³/mol. The van der Waals surface area contributed by atoms with Crippen molar-refractivity contribution in [2.75, 3.05) is 13.2 Å². The molecule has 2 aromatic carbocycles. The second-order valence-corrected chi connectivity index (χ2v) is 7.06. The summed E-state index contributed by atoms with van der Waals surface area (Å²) in [6.45, 7) is 6.56. The number of hydrogen-bond acceptors (Lipinski definition) is 8. The van der Waals surface area contributed by atoms with Crippen LogP contribution in [0.3, 0.4) is 0 Å². The Balaban J connectivity index is 1.63. The van der Waals surface area contributed by atoms with Crippen LogP contribution in [0.25, 0.3) is 21.8 Å². The highest BCUT2D eigenvalue weighted by Crippen LogP contribution is 2.23. The standard InChI is InChI=1S/C23H22N2O6/c1-4-28-14-6-8-18-16(11-14)22(26)30-20(24-18)10-13(3)21-25-19-9-7-15(29-5-2)12-17(19)23(27)31-21/h6-9,11-13H,4-5,10H2,1-3H3. The molecule has 31 heavy (non-hydrogen) atoms. The van der Waals surface area contributed by atoms with E-state index in [9.17, 15) is 9.59 Å². The van der Waals surface area contributed by atoms with Crippen LogP contribution in [0.5, 0.6) is 11.5 Å². The molecule has 1 unspecified atom stereocenters. The van der Waals surface area contributed by atoms with Gasteiger partial charge in [-0.2, -0.15) is 0 Å². The zero-order valence-corrected chi connectivity index (χ0v) is 17.5. The van der Waals surface area contributed by atoms with Gasteiger partial charge in [-0.1, -0.05) is 6.92 Å². The fourth-order valence-electron chi connectivity index (χ4n) is 3.32. The van der Waals surface area contributed by atoms with Crippen molar-refractivity contribution < 1.29 is 18.3 Å². The van der Waals surface area contributed by atoms with Crippen molar-refractivity contribution in [3.8, 4) is 11.5 Å². The van der Waals surface area contributed by atoms with Crippen molar-refractivity contribution in [2.24, 2.45) is 0 Å². The maximum absolute atomic E-state index is 12.5. The summed E-state index contributed by atoms with van der Waals surface area (Å²) >= 11 is 0. The third-order valence-corrected chi connectivity index (χ3v) is 4.78.